The van der Waals surface area contributed by atoms with Crippen LogP contribution in [0.15, 0.2) is 22.7 Å². The van der Waals surface area contributed by atoms with Gasteiger partial charge in [-0.25, -0.2) is 4.98 Å². The van der Waals surface area contributed by atoms with Crippen molar-refractivity contribution >= 4 is 17.6 Å². The molecule has 0 saturated carbocycles. The van der Waals surface area contributed by atoms with Gasteiger partial charge in [-0.3, -0.25) is 9.59 Å². The van der Waals surface area contributed by atoms with E-state index in [1.165, 1.54) is 6.92 Å². The van der Waals surface area contributed by atoms with Crippen molar-refractivity contribution in [1.82, 2.24) is 20.5 Å². The number of rotatable bonds is 6. The lowest BCUT2D eigenvalue weighted by molar-refractivity contribution is -0.120. The number of aromatic nitrogens is 3. The first-order valence-electron chi connectivity index (χ1n) is 6.52. The first-order chi connectivity index (χ1) is 10.4. The van der Waals surface area contributed by atoms with Crippen molar-refractivity contribution in [3.05, 3.63) is 35.7 Å². The molecule has 0 aromatic carbocycles. The van der Waals surface area contributed by atoms with E-state index in [2.05, 4.69) is 20.5 Å². The predicted octanol–water partition coefficient (Wildman–Crippen LogP) is -0.505. The molecule has 22 heavy (non-hydrogen) atoms. The number of carbonyl (C=O) groups excluding carboxylic acids is 2. The van der Waals surface area contributed by atoms with Gasteiger partial charge in [-0.05, 0) is 11.6 Å². The van der Waals surface area contributed by atoms with Crippen molar-refractivity contribution in [2.24, 2.45) is 5.73 Å². The van der Waals surface area contributed by atoms with E-state index in [4.69, 9.17) is 15.9 Å². The van der Waals surface area contributed by atoms with Gasteiger partial charge >= 0.3 is 0 Å². The summed E-state index contributed by atoms with van der Waals surface area (Å²) in [4.78, 5) is 26.2. The lowest BCUT2D eigenvalue weighted by atomic mass is 10.1. The summed E-state index contributed by atoms with van der Waals surface area (Å²) >= 11 is 0. The molecule has 0 aliphatic heterocycles. The van der Waals surface area contributed by atoms with Crippen LogP contribution in [0.3, 0.4) is 0 Å². The molecule has 2 aromatic rings. The Hall–Kier alpha value is -2.97. The molecular weight excluding hydrogens is 288 g/mol. The Morgan fingerprint density at radius 1 is 1.36 bits per heavy atom. The van der Waals surface area contributed by atoms with E-state index in [9.17, 15) is 9.59 Å². The molecule has 0 aliphatic rings. The highest BCUT2D eigenvalue weighted by molar-refractivity contribution is 5.75. The molecule has 116 valence electrons. The summed E-state index contributed by atoms with van der Waals surface area (Å²) in [6, 6.07) is 2.92. The van der Waals surface area contributed by atoms with E-state index in [0.29, 0.717) is 12.2 Å². The summed E-state index contributed by atoms with van der Waals surface area (Å²) in [6.07, 6.45) is 1.85. The zero-order chi connectivity index (χ0) is 16.1. The van der Waals surface area contributed by atoms with Crippen molar-refractivity contribution < 1.29 is 14.0 Å². The zero-order valence-corrected chi connectivity index (χ0v) is 11.9. The molecule has 0 saturated heterocycles. The van der Waals surface area contributed by atoms with Gasteiger partial charge in [0.05, 0.1) is 0 Å². The van der Waals surface area contributed by atoms with Gasteiger partial charge in [0.25, 0.3) is 0 Å². The summed E-state index contributed by atoms with van der Waals surface area (Å²) in [5, 5.41) is 10.3. The van der Waals surface area contributed by atoms with Gasteiger partial charge in [0.15, 0.2) is 0 Å². The molecule has 0 fully saturated rings. The molecular formula is C13H16N6O3. The molecule has 2 aromatic heterocycles. The van der Waals surface area contributed by atoms with Crippen LogP contribution in [0.2, 0.25) is 0 Å². The highest BCUT2D eigenvalue weighted by Gasteiger charge is 2.21. The number of amides is 2. The van der Waals surface area contributed by atoms with Crippen LogP contribution in [0.4, 0.5) is 5.82 Å². The molecule has 0 unspecified atom stereocenters. The number of carbonyl (C=O) groups is 2. The predicted molar refractivity (Wildman–Crippen MR) is 76.1 cm³/mol. The summed E-state index contributed by atoms with van der Waals surface area (Å²) in [5.74, 6) is -0.116. The van der Waals surface area contributed by atoms with Crippen molar-refractivity contribution in [3.8, 4) is 0 Å². The quantitative estimate of drug-likeness (QED) is 0.650. The highest BCUT2D eigenvalue weighted by atomic mass is 16.4. The smallest absolute Gasteiger partial charge is 0.239 e. The third-order valence-electron chi connectivity index (χ3n) is 2.77. The monoisotopic (exact) mass is 304 g/mol. The van der Waals surface area contributed by atoms with Gasteiger partial charge in [0.1, 0.15) is 18.3 Å². The Bertz CT molecular complexity index is 667. The van der Waals surface area contributed by atoms with Gasteiger partial charge in [-0.15, -0.1) is 10.2 Å². The molecule has 0 spiro atoms. The molecule has 0 bridgehead atoms. The van der Waals surface area contributed by atoms with Crippen molar-refractivity contribution in [2.75, 3.05) is 5.73 Å². The fraction of sp³-hybridized carbons (Fsp3) is 0.308. The van der Waals surface area contributed by atoms with E-state index < -0.39 is 11.9 Å². The van der Waals surface area contributed by atoms with Crippen molar-refractivity contribution in [3.63, 3.8) is 0 Å². The first-order valence-corrected chi connectivity index (χ1v) is 6.52. The number of nitrogens with one attached hydrogen (secondary N) is 1. The van der Waals surface area contributed by atoms with Crippen molar-refractivity contribution in [1.29, 1.82) is 0 Å². The molecule has 0 radical (unpaired) electrons. The molecule has 0 aliphatic carbocycles. The second-order valence-corrected chi connectivity index (χ2v) is 4.73. The van der Waals surface area contributed by atoms with Crippen molar-refractivity contribution in [2.45, 2.75) is 25.8 Å². The molecule has 9 nitrogen and oxygen atoms in total. The largest absolute Gasteiger partial charge is 0.422 e. The molecule has 2 amide bonds. The SMILES string of the molecule is CC(=O)N[C@@H](Cc1ccc(N)nc1)c1nnc(CC(N)=O)o1. The number of nitrogens with two attached hydrogens (primary N) is 2. The Labute approximate surface area is 126 Å². The van der Waals surface area contributed by atoms with Crippen LogP contribution in [0.5, 0.6) is 0 Å². The van der Waals surface area contributed by atoms with Crippen LogP contribution in [0, 0.1) is 0 Å². The Balaban J connectivity index is 2.18. The topological polar surface area (TPSA) is 150 Å². The number of anilines is 1. The standard InChI is InChI=1S/C13H16N6O3/c1-7(20)17-9(4-8-2-3-10(14)16-6-8)13-19-18-12(22-13)5-11(15)21/h2-3,6,9H,4-5H2,1H3,(H2,14,16)(H2,15,21)(H,17,20)/t9-/m0/s1. The summed E-state index contributed by atoms with van der Waals surface area (Å²) in [6.45, 7) is 1.38. The average Bonchev–Trinajstić information content (AvgIpc) is 2.87. The molecule has 2 rings (SSSR count). The lowest BCUT2D eigenvalue weighted by Gasteiger charge is -2.13. The van der Waals surface area contributed by atoms with Gasteiger partial charge in [0.2, 0.25) is 23.6 Å². The highest BCUT2D eigenvalue weighted by Crippen LogP contribution is 2.18. The first kappa shape index (κ1) is 15.4. The summed E-state index contributed by atoms with van der Waals surface area (Å²) in [5.41, 5.74) is 11.4. The Kier molecular flexibility index (Phi) is 4.66. The second kappa shape index (κ2) is 6.66. The minimum atomic E-state index is -0.575. The van der Waals surface area contributed by atoms with E-state index in [1.807, 2.05) is 0 Å². The van der Waals surface area contributed by atoms with Crippen LogP contribution in [0.1, 0.15) is 30.3 Å². The maximum atomic E-state index is 11.3. The number of primary amides is 1. The number of hydrogen-bond donors (Lipinski definition) is 3. The minimum Gasteiger partial charge on any atom is -0.422 e. The molecule has 2 heterocycles. The van der Waals surface area contributed by atoms with Gasteiger partial charge in [-0.2, -0.15) is 0 Å². The lowest BCUT2D eigenvalue weighted by Crippen LogP contribution is -2.28. The number of nitrogen functional groups attached to an aromatic ring is 1. The van der Waals surface area contributed by atoms with E-state index >= 15 is 0 Å². The third kappa shape index (κ3) is 4.27. The summed E-state index contributed by atoms with van der Waals surface area (Å²) in [7, 11) is 0. The van der Waals surface area contributed by atoms with Crippen LogP contribution >= 0.6 is 0 Å². The fourth-order valence-corrected chi connectivity index (χ4v) is 1.87. The summed E-state index contributed by atoms with van der Waals surface area (Å²) < 4.78 is 5.37. The maximum absolute atomic E-state index is 11.3. The van der Waals surface area contributed by atoms with E-state index in [0.717, 1.165) is 5.56 Å². The van der Waals surface area contributed by atoms with Crippen LogP contribution in [-0.4, -0.2) is 27.0 Å². The second-order valence-electron chi connectivity index (χ2n) is 4.73. The van der Waals surface area contributed by atoms with E-state index in [-0.39, 0.29) is 24.1 Å². The number of nitrogens with zero attached hydrogens (tertiary/aromatic N) is 3. The zero-order valence-electron chi connectivity index (χ0n) is 11.9. The molecule has 9 heteroatoms. The number of hydrogen-bond acceptors (Lipinski definition) is 7. The Morgan fingerprint density at radius 3 is 2.73 bits per heavy atom. The number of pyridine rings is 1. The minimum absolute atomic E-state index is 0.105. The average molecular weight is 304 g/mol. The third-order valence-corrected chi connectivity index (χ3v) is 2.77. The van der Waals surface area contributed by atoms with Gasteiger partial charge in [-0.1, -0.05) is 6.07 Å². The Morgan fingerprint density at radius 2 is 2.14 bits per heavy atom. The fourth-order valence-electron chi connectivity index (χ4n) is 1.87. The van der Waals surface area contributed by atoms with Gasteiger partial charge in [0, 0.05) is 19.5 Å². The molecule has 5 N–H and O–H groups in total. The van der Waals surface area contributed by atoms with Crippen LogP contribution in [0.25, 0.3) is 0 Å². The molecule has 1 atom stereocenters. The normalized spacial score (nSPS) is 11.9. The van der Waals surface area contributed by atoms with Gasteiger partial charge < -0.3 is 21.2 Å². The van der Waals surface area contributed by atoms with Crippen LogP contribution in [-0.2, 0) is 22.4 Å². The maximum Gasteiger partial charge on any atom is 0.239 e. The van der Waals surface area contributed by atoms with E-state index in [1.54, 1.807) is 18.3 Å². The van der Waals surface area contributed by atoms with Crippen LogP contribution < -0.4 is 16.8 Å².